The number of carbonyl (C=O) groups is 1. The van der Waals surface area contributed by atoms with Crippen molar-refractivity contribution >= 4 is 34.1 Å². The van der Waals surface area contributed by atoms with Gasteiger partial charge in [0.05, 0.1) is 0 Å². The zero-order chi connectivity index (χ0) is 18.4. The molecule has 0 radical (unpaired) electrons. The van der Waals surface area contributed by atoms with E-state index < -0.39 is 6.10 Å². The van der Waals surface area contributed by atoms with Gasteiger partial charge in [-0.2, -0.15) is 0 Å². The first-order chi connectivity index (χ1) is 11.9. The summed E-state index contributed by atoms with van der Waals surface area (Å²) in [6.45, 7) is 10.3. The third-order valence-corrected chi connectivity index (χ3v) is 5.84. The van der Waals surface area contributed by atoms with E-state index >= 15 is 0 Å². The van der Waals surface area contributed by atoms with Crippen molar-refractivity contribution in [2.24, 2.45) is 5.92 Å². The molecule has 0 aliphatic heterocycles. The van der Waals surface area contributed by atoms with Crippen molar-refractivity contribution < 1.29 is 9.53 Å². The maximum Gasteiger partial charge on any atom is 0.267 e. The molecule has 0 aliphatic rings. The van der Waals surface area contributed by atoms with Gasteiger partial charge in [0.15, 0.2) is 10.4 Å². The number of rotatable bonds is 8. The number of carbonyl (C=O) groups excluding carboxylic acids is 1. The molecule has 0 bridgehead atoms. The fourth-order valence-electron chi connectivity index (χ4n) is 2.15. The molecular weight excluding hydrogens is 354 g/mol. The quantitative estimate of drug-likeness (QED) is 0.532. The van der Waals surface area contributed by atoms with Crippen LogP contribution in [0.15, 0.2) is 22.5 Å². The van der Waals surface area contributed by atoms with Gasteiger partial charge in [-0.15, -0.1) is 10.2 Å². The van der Waals surface area contributed by atoms with Crippen molar-refractivity contribution in [2.75, 3.05) is 11.1 Å². The Morgan fingerprint density at radius 1 is 1.32 bits per heavy atom. The van der Waals surface area contributed by atoms with Crippen LogP contribution < -0.4 is 10.1 Å². The van der Waals surface area contributed by atoms with E-state index in [0.29, 0.717) is 17.5 Å². The van der Waals surface area contributed by atoms with Crippen LogP contribution in [0.2, 0.25) is 0 Å². The smallest absolute Gasteiger partial charge is 0.267 e. The molecule has 1 atom stereocenters. The number of nitrogens with zero attached hydrogens (tertiary/aromatic N) is 2. The Morgan fingerprint density at radius 3 is 2.72 bits per heavy atom. The lowest BCUT2D eigenvalue weighted by Gasteiger charge is -2.18. The van der Waals surface area contributed by atoms with Crippen LogP contribution in [0.1, 0.15) is 38.3 Å². The normalized spacial score (nSPS) is 12.2. The summed E-state index contributed by atoms with van der Waals surface area (Å²) in [5, 5.41) is 11.5. The molecule has 0 unspecified atom stereocenters. The van der Waals surface area contributed by atoms with E-state index in [1.165, 1.54) is 16.9 Å². The highest BCUT2D eigenvalue weighted by molar-refractivity contribution is 8.01. The molecule has 5 nitrogen and oxygen atoms in total. The van der Waals surface area contributed by atoms with Crippen molar-refractivity contribution in [2.45, 2.75) is 51.5 Å². The third-order valence-electron chi connectivity index (χ3n) is 3.44. The minimum absolute atomic E-state index is 0.195. The van der Waals surface area contributed by atoms with Crippen molar-refractivity contribution in [1.29, 1.82) is 0 Å². The highest BCUT2D eigenvalue weighted by Crippen LogP contribution is 2.27. The van der Waals surface area contributed by atoms with Crippen molar-refractivity contribution in [3.05, 3.63) is 29.3 Å². The molecule has 0 saturated heterocycles. The second-order valence-corrected chi connectivity index (χ2v) is 8.60. The monoisotopic (exact) mass is 379 g/mol. The molecule has 1 aromatic carbocycles. The Morgan fingerprint density at radius 2 is 2.08 bits per heavy atom. The molecule has 0 spiro atoms. The predicted octanol–water partition coefficient (Wildman–Crippen LogP) is 4.70. The summed E-state index contributed by atoms with van der Waals surface area (Å²) in [5.41, 5.74) is 2.19. The van der Waals surface area contributed by atoms with Gasteiger partial charge in [0.1, 0.15) is 5.75 Å². The molecular formula is C18H25N3O2S2. The molecule has 2 rings (SSSR count). The number of hydrogen-bond donors (Lipinski definition) is 1. The number of ether oxygens (including phenoxy) is 1. The summed E-state index contributed by atoms with van der Waals surface area (Å²) < 4.78 is 6.78. The fraction of sp³-hybridized carbons (Fsp3) is 0.500. The molecule has 0 aliphatic carbocycles. The first-order valence-electron chi connectivity index (χ1n) is 8.40. The molecule has 0 saturated carbocycles. The fourth-order valence-corrected chi connectivity index (χ4v) is 3.88. The van der Waals surface area contributed by atoms with Crippen LogP contribution in [-0.4, -0.2) is 28.0 Å². The van der Waals surface area contributed by atoms with Crippen LogP contribution in [0.3, 0.4) is 0 Å². The number of benzene rings is 1. The maximum absolute atomic E-state index is 12.5. The van der Waals surface area contributed by atoms with Gasteiger partial charge in [0.25, 0.3) is 5.91 Å². The minimum atomic E-state index is -0.558. The zero-order valence-electron chi connectivity index (χ0n) is 15.3. The predicted molar refractivity (Wildman–Crippen MR) is 105 cm³/mol. The summed E-state index contributed by atoms with van der Waals surface area (Å²) in [6.07, 6.45) is 0.0180. The topological polar surface area (TPSA) is 64.1 Å². The Bertz CT molecular complexity index is 716. The second-order valence-electron chi connectivity index (χ2n) is 6.35. The molecule has 1 amide bonds. The summed E-state index contributed by atoms with van der Waals surface area (Å²) in [6, 6.07) is 5.94. The Balaban J connectivity index is 1.97. The number of thioether (sulfide) groups is 1. The molecule has 136 valence electrons. The average molecular weight is 380 g/mol. The first-order valence-corrected chi connectivity index (χ1v) is 10.2. The van der Waals surface area contributed by atoms with Crippen LogP contribution in [0.5, 0.6) is 5.75 Å². The van der Waals surface area contributed by atoms with Gasteiger partial charge in [-0.05, 0) is 37.8 Å². The maximum atomic E-state index is 12.5. The molecule has 1 aromatic heterocycles. The van der Waals surface area contributed by atoms with E-state index in [0.717, 1.165) is 21.4 Å². The van der Waals surface area contributed by atoms with Gasteiger partial charge >= 0.3 is 0 Å². The van der Waals surface area contributed by atoms with Gasteiger partial charge in [0.2, 0.25) is 5.13 Å². The Labute approximate surface area is 157 Å². The number of anilines is 1. The van der Waals surface area contributed by atoms with Gasteiger partial charge in [-0.3, -0.25) is 10.1 Å². The Kier molecular flexibility index (Phi) is 7.25. The molecule has 0 fully saturated rings. The van der Waals surface area contributed by atoms with E-state index in [2.05, 4.69) is 29.4 Å². The lowest BCUT2D eigenvalue weighted by atomic mass is 10.1. The minimum Gasteiger partial charge on any atom is -0.480 e. The standard InChI is InChI=1S/C18H25N3O2S2/c1-6-14(23-15-8-7-12(4)9-13(15)5)16(22)19-17-20-21-18(25-17)24-10-11(2)3/h7-9,11,14H,6,10H2,1-5H3,(H,19,20,22)/t14-/m1/s1. The summed E-state index contributed by atoms with van der Waals surface area (Å²) >= 11 is 3.05. The molecule has 7 heteroatoms. The average Bonchev–Trinajstić information content (AvgIpc) is 2.99. The molecule has 25 heavy (non-hydrogen) atoms. The number of nitrogens with one attached hydrogen (secondary N) is 1. The van der Waals surface area contributed by atoms with E-state index in [4.69, 9.17) is 4.74 Å². The van der Waals surface area contributed by atoms with E-state index in [9.17, 15) is 4.79 Å². The van der Waals surface area contributed by atoms with Crippen LogP contribution in [0.25, 0.3) is 0 Å². The van der Waals surface area contributed by atoms with Crippen molar-refractivity contribution in [3.63, 3.8) is 0 Å². The molecule has 2 aromatic rings. The van der Waals surface area contributed by atoms with Crippen LogP contribution in [0, 0.1) is 19.8 Å². The van der Waals surface area contributed by atoms with E-state index in [1.807, 2.05) is 39.0 Å². The second kappa shape index (κ2) is 9.20. The number of aromatic nitrogens is 2. The van der Waals surface area contributed by atoms with Crippen LogP contribution >= 0.6 is 23.1 Å². The summed E-state index contributed by atoms with van der Waals surface area (Å²) in [7, 11) is 0. The molecule has 1 N–H and O–H groups in total. The van der Waals surface area contributed by atoms with E-state index in [-0.39, 0.29) is 5.91 Å². The summed E-state index contributed by atoms with van der Waals surface area (Å²) in [4.78, 5) is 12.5. The van der Waals surface area contributed by atoms with Gasteiger partial charge < -0.3 is 4.74 Å². The van der Waals surface area contributed by atoms with Gasteiger partial charge in [-0.1, -0.05) is 61.6 Å². The van der Waals surface area contributed by atoms with Crippen LogP contribution in [0.4, 0.5) is 5.13 Å². The number of hydrogen-bond acceptors (Lipinski definition) is 6. The summed E-state index contributed by atoms with van der Waals surface area (Å²) in [5.74, 6) is 2.11. The Hall–Kier alpha value is -1.60. The highest BCUT2D eigenvalue weighted by atomic mass is 32.2. The first kappa shape index (κ1) is 19.7. The SMILES string of the molecule is CC[C@@H](Oc1ccc(C)cc1C)C(=O)Nc1nnc(SCC(C)C)s1. The van der Waals surface area contributed by atoms with Gasteiger partial charge in [-0.25, -0.2) is 0 Å². The van der Waals surface area contributed by atoms with Crippen molar-refractivity contribution in [1.82, 2.24) is 10.2 Å². The number of aryl methyl sites for hydroxylation is 2. The van der Waals surface area contributed by atoms with Crippen LogP contribution in [-0.2, 0) is 4.79 Å². The third kappa shape index (κ3) is 6.01. The lowest BCUT2D eigenvalue weighted by molar-refractivity contribution is -0.122. The largest absolute Gasteiger partial charge is 0.480 e. The van der Waals surface area contributed by atoms with Gasteiger partial charge in [0, 0.05) is 5.75 Å². The molecule has 1 heterocycles. The zero-order valence-corrected chi connectivity index (χ0v) is 17.0. The lowest BCUT2D eigenvalue weighted by Crippen LogP contribution is -2.32. The van der Waals surface area contributed by atoms with Crippen molar-refractivity contribution in [3.8, 4) is 5.75 Å². The van der Waals surface area contributed by atoms with E-state index in [1.54, 1.807) is 11.8 Å². The highest BCUT2D eigenvalue weighted by Gasteiger charge is 2.21. The number of amides is 1.